The van der Waals surface area contributed by atoms with Gasteiger partial charge in [0.05, 0.1) is 12.7 Å². The quantitative estimate of drug-likeness (QED) is 0.662. The Morgan fingerprint density at radius 3 is 2.57 bits per heavy atom. The summed E-state index contributed by atoms with van der Waals surface area (Å²) in [7, 11) is 1.51. The van der Waals surface area contributed by atoms with Gasteiger partial charge in [-0.05, 0) is 35.2 Å². The summed E-state index contributed by atoms with van der Waals surface area (Å²) in [4.78, 5) is 4.53. The first-order valence-corrected chi connectivity index (χ1v) is 8.07. The Hall–Kier alpha value is -2.01. The van der Waals surface area contributed by atoms with Gasteiger partial charge in [-0.2, -0.15) is 0 Å². The second-order valence-electron chi connectivity index (χ2n) is 6.46. The molecule has 120 valence electrons. The van der Waals surface area contributed by atoms with Crippen molar-refractivity contribution in [3.63, 3.8) is 0 Å². The summed E-state index contributed by atoms with van der Waals surface area (Å²) in [5.41, 5.74) is 3.16. The Balaban J connectivity index is 2.16. The van der Waals surface area contributed by atoms with Gasteiger partial charge in [-0.3, -0.25) is 0 Å². The van der Waals surface area contributed by atoms with Crippen molar-refractivity contribution in [2.75, 3.05) is 7.11 Å². The van der Waals surface area contributed by atoms with Crippen LogP contribution in [0.4, 0.5) is 0 Å². The minimum Gasteiger partial charge on any atom is -0.504 e. The molecule has 23 heavy (non-hydrogen) atoms. The number of aromatic nitrogens is 1. The van der Waals surface area contributed by atoms with Crippen molar-refractivity contribution >= 4 is 27.0 Å². The van der Waals surface area contributed by atoms with Gasteiger partial charge in [-0.1, -0.05) is 42.8 Å². The molecule has 0 saturated heterocycles. The number of hydrogen-bond donors (Lipinski definition) is 1. The van der Waals surface area contributed by atoms with Crippen LogP contribution in [0.3, 0.4) is 0 Å². The number of nitrogens with zero attached hydrogens (tertiary/aromatic N) is 1. The highest BCUT2D eigenvalue weighted by molar-refractivity contribution is 9.10. The van der Waals surface area contributed by atoms with Gasteiger partial charge in [0.15, 0.2) is 17.1 Å². The second-order valence-corrected chi connectivity index (χ2v) is 7.37. The predicted octanol–water partition coefficient (Wildman–Crippen LogP) is 5.27. The lowest BCUT2D eigenvalue weighted by atomic mass is 9.87. The summed E-state index contributed by atoms with van der Waals surface area (Å²) in [6.45, 7) is 6.46. The molecule has 1 heterocycles. The van der Waals surface area contributed by atoms with Crippen molar-refractivity contribution in [2.45, 2.75) is 26.2 Å². The van der Waals surface area contributed by atoms with Gasteiger partial charge >= 0.3 is 0 Å². The minimum atomic E-state index is 0.0123. The van der Waals surface area contributed by atoms with Crippen LogP contribution in [-0.2, 0) is 5.41 Å². The largest absolute Gasteiger partial charge is 0.504 e. The first-order chi connectivity index (χ1) is 10.8. The Labute approximate surface area is 143 Å². The van der Waals surface area contributed by atoms with Crippen molar-refractivity contribution in [2.24, 2.45) is 0 Å². The summed E-state index contributed by atoms with van der Waals surface area (Å²) in [6.07, 6.45) is 0. The van der Waals surface area contributed by atoms with Crippen LogP contribution in [0.25, 0.3) is 22.6 Å². The van der Waals surface area contributed by atoms with E-state index in [9.17, 15) is 5.11 Å². The van der Waals surface area contributed by atoms with Crippen LogP contribution in [0.5, 0.6) is 11.5 Å². The van der Waals surface area contributed by atoms with Crippen molar-refractivity contribution in [3.05, 3.63) is 40.4 Å². The topological polar surface area (TPSA) is 55.5 Å². The Morgan fingerprint density at radius 1 is 1.17 bits per heavy atom. The van der Waals surface area contributed by atoms with Crippen LogP contribution < -0.4 is 4.74 Å². The smallest absolute Gasteiger partial charge is 0.231 e. The maximum absolute atomic E-state index is 10.3. The van der Waals surface area contributed by atoms with Crippen molar-refractivity contribution in [1.29, 1.82) is 0 Å². The first-order valence-electron chi connectivity index (χ1n) is 7.27. The zero-order valence-corrected chi connectivity index (χ0v) is 15.1. The van der Waals surface area contributed by atoms with E-state index in [1.54, 1.807) is 12.1 Å². The number of hydrogen-bond acceptors (Lipinski definition) is 4. The molecule has 5 heteroatoms. The maximum Gasteiger partial charge on any atom is 0.231 e. The third kappa shape index (κ3) is 2.93. The number of ether oxygens (including phenoxy) is 1. The molecule has 3 aromatic rings. The lowest BCUT2D eigenvalue weighted by Crippen LogP contribution is -2.10. The van der Waals surface area contributed by atoms with E-state index < -0.39 is 0 Å². The summed E-state index contributed by atoms with van der Waals surface area (Å²) >= 11 is 3.41. The monoisotopic (exact) mass is 375 g/mol. The molecule has 3 rings (SSSR count). The highest BCUT2D eigenvalue weighted by atomic mass is 79.9. The number of rotatable bonds is 2. The van der Waals surface area contributed by atoms with Crippen molar-refractivity contribution in [1.82, 2.24) is 4.98 Å². The maximum atomic E-state index is 10.3. The number of halogens is 1. The van der Waals surface area contributed by atoms with Gasteiger partial charge in [-0.25, -0.2) is 4.98 Å². The van der Waals surface area contributed by atoms with E-state index >= 15 is 0 Å². The molecule has 0 unspecified atom stereocenters. The molecular weight excluding hydrogens is 358 g/mol. The molecule has 0 aliphatic rings. The Morgan fingerprint density at radius 2 is 1.91 bits per heavy atom. The predicted molar refractivity (Wildman–Crippen MR) is 94.1 cm³/mol. The first kappa shape index (κ1) is 15.9. The van der Waals surface area contributed by atoms with Crippen molar-refractivity contribution in [3.8, 4) is 23.0 Å². The fraction of sp³-hybridized carbons (Fsp3) is 0.278. The van der Waals surface area contributed by atoms with Crippen LogP contribution in [0.15, 0.2) is 39.2 Å². The SMILES string of the molecule is COc1cc(Br)cc(-c2nc3cc(C(C)(C)C)ccc3o2)c1O. The molecular formula is C18H18BrNO3. The zero-order valence-electron chi connectivity index (χ0n) is 13.5. The van der Waals surface area contributed by atoms with Gasteiger partial charge < -0.3 is 14.3 Å². The van der Waals surface area contributed by atoms with Crippen LogP contribution >= 0.6 is 15.9 Å². The molecule has 0 fully saturated rings. The van der Waals surface area contributed by atoms with Crippen LogP contribution in [-0.4, -0.2) is 17.2 Å². The van der Waals surface area contributed by atoms with Gasteiger partial charge in [0, 0.05) is 4.47 Å². The third-order valence-electron chi connectivity index (χ3n) is 3.74. The molecule has 0 aliphatic heterocycles. The summed E-state index contributed by atoms with van der Waals surface area (Å²) in [5, 5.41) is 10.3. The van der Waals surface area contributed by atoms with Gasteiger partial charge in [-0.15, -0.1) is 0 Å². The Bertz CT molecular complexity index is 878. The molecule has 2 aromatic carbocycles. The number of phenols is 1. The van der Waals surface area contributed by atoms with E-state index in [-0.39, 0.29) is 11.2 Å². The molecule has 0 aliphatic carbocycles. The number of aromatic hydroxyl groups is 1. The lowest BCUT2D eigenvalue weighted by Gasteiger charge is -2.18. The summed E-state index contributed by atoms with van der Waals surface area (Å²) < 4.78 is 11.8. The van der Waals surface area contributed by atoms with E-state index in [4.69, 9.17) is 9.15 Å². The summed E-state index contributed by atoms with van der Waals surface area (Å²) in [6, 6.07) is 9.43. The Kier molecular flexibility index (Phi) is 3.84. The zero-order chi connectivity index (χ0) is 16.8. The molecule has 1 N–H and O–H groups in total. The van der Waals surface area contributed by atoms with Crippen LogP contribution in [0.1, 0.15) is 26.3 Å². The molecule has 0 amide bonds. The number of fused-ring (bicyclic) bond motifs is 1. The molecule has 0 bridgehead atoms. The molecule has 1 aromatic heterocycles. The van der Waals surface area contributed by atoms with E-state index in [2.05, 4.69) is 41.7 Å². The highest BCUT2D eigenvalue weighted by Crippen LogP contribution is 2.40. The van der Waals surface area contributed by atoms with E-state index in [1.165, 1.54) is 12.7 Å². The molecule has 0 atom stereocenters. The van der Waals surface area contributed by atoms with E-state index in [0.717, 1.165) is 9.99 Å². The minimum absolute atomic E-state index is 0.0123. The van der Waals surface area contributed by atoms with Crippen LogP contribution in [0, 0.1) is 0 Å². The molecule has 0 saturated carbocycles. The molecule has 0 radical (unpaired) electrons. The van der Waals surface area contributed by atoms with Gasteiger partial charge in [0.1, 0.15) is 5.52 Å². The lowest BCUT2D eigenvalue weighted by molar-refractivity contribution is 0.373. The highest BCUT2D eigenvalue weighted by Gasteiger charge is 2.19. The second kappa shape index (κ2) is 5.57. The normalized spacial score (nSPS) is 11.9. The third-order valence-corrected chi connectivity index (χ3v) is 4.20. The standard InChI is InChI=1S/C18H18BrNO3/c1-18(2,3)10-5-6-14-13(7-10)20-17(23-14)12-8-11(19)9-15(22-4)16(12)21/h5-9,21H,1-4H3. The van der Waals surface area contributed by atoms with E-state index in [1.807, 2.05) is 18.2 Å². The fourth-order valence-corrected chi connectivity index (χ4v) is 2.84. The number of phenolic OH excluding ortho intramolecular Hbond substituents is 1. The average Bonchev–Trinajstić information content (AvgIpc) is 2.91. The van der Waals surface area contributed by atoms with Gasteiger partial charge in [0.25, 0.3) is 0 Å². The summed E-state index contributed by atoms with van der Waals surface area (Å²) in [5.74, 6) is 0.744. The number of benzene rings is 2. The van der Waals surface area contributed by atoms with E-state index in [0.29, 0.717) is 22.8 Å². The number of methoxy groups -OCH3 is 1. The fourth-order valence-electron chi connectivity index (χ4n) is 2.40. The van der Waals surface area contributed by atoms with Crippen molar-refractivity contribution < 1.29 is 14.3 Å². The van der Waals surface area contributed by atoms with Gasteiger partial charge in [0.2, 0.25) is 5.89 Å². The van der Waals surface area contributed by atoms with Crippen LogP contribution in [0.2, 0.25) is 0 Å². The molecule has 0 spiro atoms. The average molecular weight is 376 g/mol. The number of oxazole rings is 1. The molecule has 4 nitrogen and oxygen atoms in total.